The van der Waals surface area contributed by atoms with Crippen molar-refractivity contribution in [2.24, 2.45) is 5.92 Å². The second-order valence-corrected chi connectivity index (χ2v) is 7.20. The fourth-order valence-electron chi connectivity index (χ4n) is 1.73. The van der Waals surface area contributed by atoms with Crippen LogP contribution in [0.5, 0.6) is 0 Å². The summed E-state index contributed by atoms with van der Waals surface area (Å²) in [5, 5.41) is 0. The van der Waals surface area contributed by atoms with Gasteiger partial charge in [0.05, 0.1) is 17.6 Å². The Labute approximate surface area is 107 Å². The van der Waals surface area contributed by atoms with Crippen molar-refractivity contribution in [1.29, 1.82) is 0 Å². The molecule has 0 bridgehead atoms. The number of ether oxygens (including phenoxy) is 1. The molecule has 0 spiro atoms. The SMILES string of the molecule is CCCC(C)CCOC(=O)CC1SCCS1. The summed E-state index contributed by atoms with van der Waals surface area (Å²) in [4.78, 5) is 11.5. The van der Waals surface area contributed by atoms with Gasteiger partial charge in [-0.15, -0.1) is 23.5 Å². The van der Waals surface area contributed by atoms with Crippen molar-refractivity contribution in [3.63, 3.8) is 0 Å². The van der Waals surface area contributed by atoms with Crippen molar-refractivity contribution in [3.05, 3.63) is 0 Å². The monoisotopic (exact) mass is 262 g/mol. The van der Waals surface area contributed by atoms with Gasteiger partial charge in [0, 0.05) is 11.5 Å². The topological polar surface area (TPSA) is 26.3 Å². The second-order valence-electron chi connectivity index (χ2n) is 4.28. The first-order valence-corrected chi connectivity index (χ1v) is 8.21. The van der Waals surface area contributed by atoms with Crippen LogP contribution >= 0.6 is 23.5 Å². The van der Waals surface area contributed by atoms with Crippen LogP contribution in [0.15, 0.2) is 0 Å². The van der Waals surface area contributed by atoms with Crippen molar-refractivity contribution in [2.75, 3.05) is 18.1 Å². The van der Waals surface area contributed by atoms with Crippen molar-refractivity contribution in [3.8, 4) is 0 Å². The van der Waals surface area contributed by atoms with Gasteiger partial charge >= 0.3 is 5.97 Å². The Hall–Kier alpha value is 0.170. The zero-order chi connectivity index (χ0) is 11.8. The van der Waals surface area contributed by atoms with Gasteiger partial charge in [-0.1, -0.05) is 26.7 Å². The van der Waals surface area contributed by atoms with Crippen LogP contribution in [0.1, 0.15) is 39.5 Å². The molecule has 1 rings (SSSR count). The van der Waals surface area contributed by atoms with Crippen LogP contribution in [0.2, 0.25) is 0 Å². The summed E-state index contributed by atoms with van der Waals surface area (Å²) >= 11 is 3.76. The summed E-state index contributed by atoms with van der Waals surface area (Å²) < 4.78 is 5.70. The lowest BCUT2D eigenvalue weighted by molar-refractivity contribution is -0.143. The van der Waals surface area contributed by atoms with Crippen LogP contribution in [0.3, 0.4) is 0 Å². The van der Waals surface area contributed by atoms with Gasteiger partial charge in [-0.2, -0.15) is 0 Å². The zero-order valence-electron chi connectivity index (χ0n) is 10.2. The van der Waals surface area contributed by atoms with Crippen LogP contribution in [-0.2, 0) is 9.53 Å². The maximum atomic E-state index is 11.5. The minimum atomic E-state index is -0.0180. The van der Waals surface area contributed by atoms with Gasteiger partial charge in [-0.3, -0.25) is 4.79 Å². The maximum Gasteiger partial charge on any atom is 0.307 e. The Bertz CT molecular complexity index is 203. The molecule has 4 heteroatoms. The van der Waals surface area contributed by atoms with Gasteiger partial charge in [-0.25, -0.2) is 0 Å². The minimum Gasteiger partial charge on any atom is -0.466 e. The summed E-state index contributed by atoms with van der Waals surface area (Å²) in [7, 11) is 0. The highest BCUT2D eigenvalue weighted by Gasteiger charge is 2.20. The Kier molecular flexibility index (Phi) is 7.37. The molecular formula is C12H22O2S2. The van der Waals surface area contributed by atoms with Gasteiger partial charge in [0.25, 0.3) is 0 Å². The summed E-state index contributed by atoms with van der Waals surface area (Å²) in [5.74, 6) is 3.01. The van der Waals surface area contributed by atoms with Crippen LogP contribution in [0.4, 0.5) is 0 Å². The average molecular weight is 262 g/mol. The molecule has 1 aliphatic heterocycles. The lowest BCUT2D eigenvalue weighted by Gasteiger charge is -2.11. The highest BCUT2D eigenvalue weighted by molar-refractivity contribution is 8.20. The molecule has 2 nitrogen and oxygen atoms in total. The van der Waals surface area contributed by atoms with E-state index in [1.54, 1.807) is 0 Å². The first-order valence-electron chi connectivity index (χ1n) is 6.11. The molecule has 1 unspecified atom stereocenters. The average Bonchev–Trinajstić information content (AvgIpc) is 2.70. The molecule has 1 fully saturated rings. The standard InChI is InChI=1S/C12H22O2S2/c1-3-4-10(2)5-6-14-11(13)9-12-15-7-8-16-12/h10,12H,3-9H2,1-2H3. The summed E-state index contributed by atoms with van der Waals surface area (Å²) in [6.45, 7) is 5.01. The first-order chi connectivity index (χ1) is 7.72. The third-order valence-electron chi connectivity index (χ3n) is 2.68. The van der Waals surface area contributed by atoms with Gasteiger partial charge in [-0.05, 0) is 12.3 Å². The van der Waals surface area contributed by atoms with Gasteiger partial charge in [0.1, 0.15) is 0 Å². The molecule has 0 aliphatic carbocycles. The zero-order valence-corrected chi connectivity index (χ0v) is 11.9. The molecule has 0 aromatic carbocycles. The van der Waals surface area contributed by atoms with E-state index in [-0.39, 0.29) is 5.97 Å². The number of thioether (sulfide) groups is 2. The van der Waals surface area contributed by atoms with Crippen LogP contribution in [-0.4, -0.2) is 28.7 Å². The van der Waals surface area contributed by atoms with Crippen LogP contribution in [0.25, 0.3) is 0 Å². The highest BCUT2D eigenvalue weighted by atomic mass is 32.2. The number of rotatable bonds is 7. The Morgan fingerprint density at radius 2 is 2.06 bits per heavy atom. The molecular weight excluding hydrogens is 240 g/mol. The van der Waals surface area contributed by atoms with E-state index in [1.165, 1.54) is 24.3 Å². The van der Waals surface area contributed by atoms with Crippen LogP contribution < -0.4 is 0 Å². The summed E-state index contributed by atoms with van der Waals surface area (Å²) in [6.07, 6.45) is 4.03. The van der Waals surface area contributed by atoms with Crippen molar-refractivity contribution in [1.82, 2.24) is 0 Å². The lowest BCUT2D eigenvalue weighted by Crippen LogP contribution is -2.12. The predicted octanol–water partition coefficient (Wildman–Crippen LogP) is 3.55. The molecule has 1 saturated heterocycles. The van der Waals surface area contributed by atoms with Crippen LogP contribution in [0, 0.1) is 5.92 Å². The smallest absolute Gasteiger partial charge is 0.307 e. The molecule has 0 N–H and O–H groups in total. The Morgan fingerprint density at radius 1 is 1.38 bits per heavy atom. The number of esters is 1. The predicted molar refractivity (Wildman–Crippen MR) is 73.0 cm³/mol. The van der Waals surface area contributed by atoms with E-state index in [0.29, 0.717) is 23.5 Å². The molecule has 0 amide bonds. The van der Waals surface area contributed by atoms with E-state index >= 15 is 0 Å². The van der Waals surface area contributed by atoms with Gasteiger partial charge in [0.15, 0.2) is 0 Å². The number of hydrogen-bond donors (Lipinski definition) is 0. The molecule has 16 heavy (non-hydrogen) atoms. The number of carbonyl (C=O) groups is 1. The molecule has 0 radical (unpaired) electrons. The number of hydrogen-bond acceptors (Lipinski definition) is 4. The molecule has 0 saturated carbocycles. The lowest BCUT2D eigenvalue weighted by atomic mass is 10.0. The van der Waals surface area contributed by atoms with E-state index < -0.39 is 0 Å². The maximum absolute atomic E-state index is 11.5. The van der Waals surface area contributed by atoms with E-state index in [2.05, 4.69) is 13.8 Å². The van der Waals surface area contributed by atoms with Crippen molar-refractivity contribution >= 4 is 29.5 Å². The van der Waals surface area contributed by atoms with E-state index in [0.717, 1.165) is 6.42 Å². The quantitative estimate of drug-likeness (QED) is 0.655. The van der Waals surface area contributed by atoms with E-state index in [1.807, 2.05) is 23.5 Å². The molecule has 0 aromatic rings. The van der Waals surface area contributed by atoms with Gasteiger partial charge < -0.3 is 4.74 Å². The molecule has 1 aliphatic rings. The molecule has 1 heterocycles. The molecule has 0 aromatic heterocycles. The Morgan fingerprint density at radius 3 is 2.69 bits per heavy atom. The minimum absolute atomic E-state index is 0.0180. The fraction of sp³-hybridized carbons (Fsp3) is 0.917. The molecule has 94 valence electrons. The van der Waals surface area contributed by atoms with E-state index in [9.17, 15) is 4.79 Å². The highest BCUT2D eigenvalue weighted by Crippen LogP contribution is 2.34. The van der Waals surface area contributed by atoms with Crippen molar-refractivity contribution in [2.45, 2.75) is 44.1 Å². The fourth-order valence-corrected chi connectivity index (χ4v) is 4.50. The van der Waals surface area contributed by atoms with Gasteiger partial charge in [0.2, 0.25) is 0 Å². The summed E-state index contributed by atoms with van der Waals surface area (Å²) in [5.41, 5.74) is 0. The summed E-state index contributed by atoms with van der Waals surface area (Å²) in [6, 6.07) is 0. The Balaban J connectivity index is 2.01. The third kappa shape index (κ3) is 6.04. The molecule has 1 atom stereocenters. The second kappa shape index (κ2) is 8.29. The largest absolute Gasteiger partial charge is 0.466 e. The normalized spacial score (nSPS) is 18.6. The number of carbonyl (C=O) groups excluding carboxylic acids is 1. The third-order valence-corrected chi connectivity index (χ3v) is 5.71. The van der Waals surface area contributed by atoms with E-state index in [4.69, 9.17) is 4.74 Å². The van der Waals surface area contributed by atoms with Crippen molar-refractivity contribution < 1.29 is 9.53 Å². The first kappa shape index (κ1) is 14.2.